The second kappa shape index (κ2) is 11.4. The molecule has 0 aromatic heterocycles. The molecule has 1 saturated heterocycles. The van der Waals surface area contributed by atoms with Gasteiger partial charge in [0.05, 0.1) is 13.2 Å². The van der Waals surface area contributed by atoms with Crippen molar-refractivity contribution in [1.29, 1.82) is 0 Å². The minimum absolute atomic E-state index is 0.0625. The number of amides is 2. The van der Waals surface area contributed by atoms with Gasteiger partial charge in [0.1, 0.15) is 5.75 Å². The van der Waals surface area contributed by atoms with Crippen molar-refractivity contribution >= 4 is 23.2 Å². The highest BCUT2D eigenvalue weighted by atomic mass is 16.5. The summed E-state index contributed by atoms with van der Waals surface area (Å²) in [5, 5.41) is 5.98. The first-order valence-corrected chi connectivity index (χ1v) is 11.2. The van der Waals surface area contributed by atoms with E-state index in [0.717, 1.165) is 50.2 Å². The van der Waals surface area contributed by atoms with Gasteiger partial charge in [-0.2, -0.15) is 0 Å². The van der Waals surface area contributed by atoms with Crippen LogP contribution in [0.1, 0.15) is 49.9 Å². The Hall–Kier alpha value is -3.02. The zero-order chi connectivity index (χ0) is 22.1. The Labute approximate surface area is 185 Å². The van der Waals surface area contributed by atoms with E-state index in [1.54, 1.807) is 24.3 Å². The van der Waals surface area contributed by atoms with E-state index in [4.69, 9.17) is 4.74 Å². The fraction of sp³-hybridized carbons (Fsp3) is 0.440. The summed E-state index contributed by atoms with van der Waals surface area (Å²) < 4.78 is 5.70. The summed E-state index contributed by atoms with van der Waals surface area (Å²) in [7, 11) is 0. The maximum atomic E-state index is 12.6. The predicted molar refractivity (Wildman–Crippen MR) is 125 cm³/mol. The van der Waals surface area contributed by atoms with Crippen LogP contribution < -0.4 is 15.4 Å². The van der Waals surface area contributed by atoms with E-state index in [1.165, 1.54) is 0 Å². The second-order valence-corrected chi connectivity index (χ2v) is 8.18. The van der Waals surface area contributed by atoms with E-state index >= 15 is 0 Å². The lowest BCUT2D eigenvalue weighted by Crippen LogP contribution is -2.37. The van der Waals surface area contributed by atoms with Crippen LogP contribution in [0.2, 0.25) is 0 Å². The van der Waals surface area contributed by atoms with Gasteiger partial charge >= 0.3 is 0 Å². The molecule has 166 valence electrons. The smallest absolute Gasteiger partial charge is 0.253 e. The van der Waals surface area contributed by atoms with Crippen LogP contribution in [0.5, 0.6) is 5.75 Å². The van der Waals surface area contributed by atoms with Crippen LogP contribution in [0, 0.1) is 5.92 Å². The molecule has 0 atom stereocenters. The largest absolute Gasteiger partial charge is 0.494 e. The Morgan fingerprint density at radius 1 is 1.06 bits per heavy atom. The van der Waals surface area contributed by atoms with Gasteiger partial charge in [0, 0.05) is 36.1 Å². The predicted octanol–water partition coefficient (Wildman–Crippen LogP) is 4.79. The van der Waals surface area contributed by atoms with Crippen LogP contribution in [0.3, 0.4) is 0 Å². The van der Waals surface area contributed by atoms with Crippen molar-refractivity contribution in [2.45, 2.75) is 39.5 Å². The molecule has 0 aliphatic carbocycles. The number of hydrogen-bond donors (Lipinski definition) is 2. The molecule has 0 spiro atoms. The molecule has 0 unspecified atom stereocenters. The Morgan fingerprint density at radius 3 is 2.52 bits per heavy atom. The average molecular weight is 424 g/mol. The molecule has 31 heavy (non-hydrogen) atoms. The number of nitrogens with one attached hydrogen (secondary N) is 2. The number of unbranched alkanes of at least 4 members (excludes halogenated alkanes) is 1. The van der Waals surface area contributed by atoms with Gasteiger partial charge < -0.3 is 20.3 Å². The molecular weight excluding hydrogens is 390 g/mol. The van der Waals surface area contributed by atoms with Crippen LogP contribution in [0.15, 0.2) is 48.5 Å². The van der Waals surface area contributed by atoms with Crippen molar-refractivity contribution in [3.63, 3.8) is 0 Å². The van der Waals surface area contributed by atoms with Crippen molar-refractivity contribution in [2.24, 2.45) is 5.92 Å². The minimum Gasteiger partial charge on any atom is -0.494 e. The van der Waals surface area contributed by atoms with Crippen LogP contribution >= 0.6 is 0 Å². The van der Waals surface area contributed by atoms with Gasteiger partial charge in [-0.05, 0) is 61.6 Å². The number of ether oxygens (including phenoxy) is 1. The number of anilines is 2. The highest BCUT2D eigenvalue weighted by molar-refractivity contribution is 5.96. The summed E-state index contributed by atoms with van der Waals surface area (Å²) >= 11 is 0. The normalized spacial score (nSPS) is 14.2. The zero-order valence-corrected chi connectivity index (χ0v) is 18.5. The molecule has 0 saturated carbocycles. The summed E-state index contributed by atoms with van der Waals surface area (Å²) in [6.07, 6.45) is 4.22. The summed E-state index contributed by atoms with van der Waals surface area (Å²) in [5.41, 5.74) is 2.17. The molecule has 1 aliphatic rings. The number of likely N-dealkylation sites (tertiary alicyclic amines) is 1. The molecule has 6 nitrogen and oxygen atoms in total. The van der Waals surface area contributed by atoms with Gasteiger partial charge in [-0.25, -0.2) is 0 Å². The SMILES string of the molecule is CCCCOc1cccc(NCC(=O)Nc2ccc(C(=O)N3CCC(C)CC3)cc2)c1. The van der Waals surface area contributed by atoms with Gasteiger partial charge in [0.25, 0.3) is 5.91 Å². The molecule has 2 aromatic rings. The summed E-state index contributed by atoms with van der Waals surface area (Å²) in [5.74, 6) is 1.39. The lowest BCUT2D eigenvalue weighted by Gasteiger charge is -2.30. The quantitative estimate of drug-likeness (QED) is 0.569. The Kier molecular flexibility index (Phi) is 8.33. The summed E-state index contributed by atoms with van der Waals surface area (Å²) in [4.78, 5) is 26.8. The number of piperidine rings is 1. The van der Waals surface area contributed by atoms with E-state index in [-0.39, 0.29) is 18.4 Å². The van der Waals surface area contributed by atoms with E-state index in [0.29, 0.717) is 23.8 Å². The number of carbonyl (C=O) groups is 2. The van der Waals surface area contributed by atoms with Gasteiger partial charge in [-0.1, -0.05) is 26.3 Å². The second-order valence-electron chi connectivity index (χ2n) is 8.18. The van der Waals surface area contributed by atoms with Gasteiger partial charge in [-0.15, -0.1) is 0 Å². The summed E-state index contributed by atoms with van der Waals surface area (Å²) in [6, 6.07) is 14.7. The van der Waals surface area contributed by atoms with E-state index < -0.39 is 0 Å². The molecule has 0 bridgehead atoms. The molecule has 2 amide bonds. The van der Waals surface area contributed by atoms with Crippen molar-refractivity contribution < 1.29 is 14.3 Å². The van der Waals surface area contributed by atoms with Crippen molar-refractivity contribution in [1.82, 2.24) is 4.90 Å². The third-order valence-electron chi connectivity index (χ3n) is 5.54. The van der Waals surface area contributed by atoms with Crippen molar-refractivity contribution in [3.8, 4) is 5.75 Å². The first kappa shape index (κ1) is 22.7. The lowest BCUT2D eigenvalue weighted by atomic mass is 9.98. The molecule has 6 heteroatoms. The number of rotatable bonds is 9. The van der Waals surface area contributed by atoms with Crippen LogP contribution in [-0.2, 0) is 4.79 Å². The van der Waals surface area contributed by atoms with Crippen molar-refractivity contribution in [3.05, 3.63) is 54.1 Å². The highest BCUT2D eigenvalue weighted by Gasteiger charge is 2.21. The molecule has 3 rings (SSSR count). The van der Waals surface area contributed by atoms with Crippen LogP contribution in [0.4, 0.5) is 11.4 Å². The molecule has 1 aliphatic heterocycles. The monoisotopic (exact) mass is 423 g/mol. The van der Waals surface area contributed by atoms with E-state index in [9.17, 15) is 9.59 Å². The molecule has 1 fully saturated rings. The molecule has 2 aromatic carbocycles. The third kappa shape index (κ3) is 7.02. The van der Waals surface area contributed by atoms with Crippen LogP contribution in [-0.4, -0.2) is 43.0 Å². The van der Waals surface area contributed by atoms with E-state index in [1.807, 2.05) is 29.2 Å². The van der Waals surface area contributed by atoms with Gasteiger partial charge in [-0.3, -0.25) is 9.59 Å². The highest BCUT2D eigenvalue weighted by Crippen LogP contribution is 2.20. The van der Waals surface area contributed by atoms with Crippen molar-refractivity contribution in [2.75, 3.05) is 36.9 Å². The Balaban J connectivity index is 1.46. The number of nitrogens with zero attached hydrogens (tertiary/aromatic N) is 1. The average Bonchev–Trinajstić information content (AvgIpc) is 2.79. The van der Waals surface area contributed by atoms with E-state index in [2.05, 4.69) is 24.5 Å². The first-order chi connectivity index (χ1) is 15.0. The number of benzene rings is 2. The number of hydrogen-bond acceptors (Lipinski definition) is 4. The van der Waals surface area contributed by atoms with Gasteiger partial charge in [0.2, 0.25) is 5.91 Å². The van der Waals surface area contributed by atoms with Crippen LogP contribution in [0.25, 0.3) is 0 Å². The standard InChI is InChI=1S/C25H33N3O3/c1-3-4-16-31-23-7-5-6-22(17-23)26-18-24(29)27-21-10-8-20(9-11-21)25(30)28-14-12-19(2)13-15-28/h5-11,17,19,26H,3-4,12-16,18H2,1-2H3,(H,27,29). The zero-order valence-electron chi connectivity index (χ0n) is 18.5. The Morgan fingerprint density at radius 2 is 1.81 bits per heavy atom. The Bertz CT molecular complexity index is 859. The maximum Gasteiger partial charge on any atom is 0.253 e. The fourth-order valence-corrected chi connectivity index (χ4v) is 3.51. The topological polar surface area (TPSA) is 70.7 Å². The molecule has 2 N–H and O–H groups in total. The lowest BCUT2D eigenvalue weighted by molar-refractivity contribution is -0.114. The summed E-state index contributed by atoms with van der Waals surface area (Å²) in [6.45, 7) is 6.82. The molecule has 1 heterocycles. The fourth-order valence-electron chi connectivity index (χ4n) is 3.51. The molecular formula is C25H33N3O3. The first-order valence-electron chi connectivity index (χ1n) is 11.2. The maximum absolute atomic E-state index is 12.6. The van der Waals surface area contributed by atoms with Gasteiger partial charge in [0.15, 0.2) is 0 Å². The third-order valence-corrected chi connectivity index (χ3v) is 5.54. The molecule has 0 radical (unpaired) electrons. The number of carbonyl (C=O) groups excluding carboxylic acids is 2. The minimum atomic E-state index is -0.151.